The highest BCUT2D eigenvalue weighted by atomic mass is 16.1. The summed E-state index contributed by atoms with van der Waals surface area (Å²) < 4.78 is 0. The lowest BCUT2D eigenvalue weighted by molar-refractivity contribution is -0.119. The van der Waals surface area contributed by atoms with Crippen LogP contribution in [0.4, 0.5) is 0 Å². The Hall–Kier alpha value is -2.27. The fourth-order valence-electron chi connectivity index (χ4n) is 1.80. The maximum absolute atomic E-state index is 10.9. The lowest BCUT2D eigenvalue weighted by Crippen LogP contribution is -2.28. The number of rotatable bonds is 1. The van der Waals surface area contributed by atoms with Crippen LogP contribution in [0.1, 0.15) is 19.4 Å². The number of fused-ring (bicyclic) bond motifs is 1. The summed E-state index contributed by atoms with van der Waals surface area (Å²) in [5.74, 6) is 6.03. The summed E-state index contributed by atoms with van der Waals surface area (Å²) in [4.78, 5) is 10.9. The zero-order valence-corrected chi connectivity index (χ0v) is 10.5. The van der Waals surface area contributed by atoms with E-state index in [-0.39, 0.29) is 11.9 Å². The van der Waals surface area contributed by atoms with E-state index < -0.39 is 0 Å². The molecule has 0 saturated carbocycles. The molecule has 1 atom stereocenters. The molecule has 0 aliphatic rings. The predicted octanol–water partition coefficient (Wildman–Crippen LogP) is 2.72. The van der Waals surface area contributed by atoms with Crippen LogP contribution in [-0.2, 0) is 4.79 Å². The van der Waals surface area contributed by atoms with Gasteiger partial charge in [0.1, 0.15) is 0 Å². The van der Waals surface area contributed by atoms with Gasteiger partial charge in [0.25, 0.3) is 0 Å². The van der Waals surface area contributed by atoms with Crippen LogP contribution in [0.25, 0.3) is 10.8 Å². The molecule has 0 aliphatic carbocycles. The monoisotopic (exact) mass is 237 g/mol. The minimum atomic E-state index is -0.131. The molecule has 2 aromatic rings. The molecule has 1 N–H and O–H groups in total. The predicted molar refractivity (Wildman–Crippen MR) is 74.1 cm³/mol. The topological polar surface area (TPSA) is 29.1 Å². The lowest BCUT2D eigenvalue weighted by Gasteiger charge is -2.03. The molecule has 0 aromatic heterocycles. The van der Waals surface area contributed by atoms with Crippen LogP contribution in [0.5, 0.6) is 0 Å². The summed E-state index contributed by atoms with van der Waals surface area (Å²) in [6.45, 7) is 3.36. The fraction of sp³-hybridized carbons (Fsp3) is 0.188. The first-order valence-electron chi connectivity index (χ1n) is 5.92. The fourth-order valence-corrected chi connectivity index (χ4v) is 1.80. The van der Waals surface area contributed by atoms with Gasteiger partial charge in [-0.3, -0.25) is 4.79 Å². The number of nitrogens with one attached hydrogen (secondary N) is 1. The number of carbonyl (C=O) groups is 1. The Kier molecular flexibility index (Phi) is 3.64. The highest BCUT2D eigenvalue weighted by molar-refractivity contribution is 5.83. The van der Waals surface area contributed by atoms with Crippen molar-refractivity contribution in [3.63, 3.8) is 0 Å². The van der Waals surface area contributed by atoms with Crippen molar-refractivity contribution in [2.24, 2.45) is 0 Å². The molecular weight excluding hydrogens is 222 g/mol. The SMILES string of the molecule is CC(=O)N[C@@H](C)C#Cc1ccc2ccccc2c1. The maximum Gasteiger partial charge on any atom is 0.217 e. The summed E-state index contributed by atoms with van der Waals surface area (Å²) in [5.41, 5.74) is 0.964. The van der Waals surface area contributed by atoms with Gasteiger partial charge in [-0.1, -0.05) is 42.2 Å². The van der Waals surface area contributed by atoms with Crippen LogP contribution in [0, 0.1) is 11.8 Å². The van der Waals surface area contributed by atoms with E-state index in [1.54, 1.807) is 0 Å². The van der Waals surface area contributed by atoms with Crippen LogP contribution in [0.15, 0.2) is 42.5 Å². The molecule has 1 amide bonds. The Morgan fingerprint density at radius 2 is 1.89 bits per heavy atom. The molecule has 2 heteroatoms. The summed E-state index contributed by atoms with van der Waals surface area (Å²) in [6.07, 6.45) is 0. The minimum absolute atomic E-state index is 0.0599. The standard InChI is InChI=1S/C16H15NO/c1-12(17-13(2)18)7-8-14-9-10-15-5-3-4-6-16(15)11-14/h3-6,9-12H,1-2H3,(H,17,18)/t12-/m0/s1. The molecule has 2 aromatic carbocycles. The van der Waals surface area contributed by atoms with Gasteiger partial charge >= 0.3 is 0 Å². The zero-order chi connectivity index (χ0) is 13.0. The second-order valence-corrected chi connectivity index (χ2v) is 4.25. The molecule has 0 fully saturated rings. The second-order valence-electron chi connectivity index (χ2n) is 4.25. The molecule has 0 saturated heterocycles. The highest BCUT2D eigenvalue weighted by Gasteiger charge is 1.97. The molecule has 0 spiro atoms. The molecule has 0 unspecified atom stereocenters. The number of carbonyl (C=O) groups excluding carboxylic acids is 1. The van der Waals surface area contributed by atoms with E-state index in [2.05, 4.69) is 41.4 Å². The first-order valence-corrected chi connectivity index (χ1v) is 5.92. The van der Waals surface area contributed by atoms with Gasteiger partial charge in [0.2, 0.25) is 5.91 Å². The molecule has 0 heterocycles. The van der Waals surface area contributed by atoms with Crippen molar-refractivity contribution in [1.82, 2.24) is 5.32 Å². The third-order valence-electron chi connectivity index (χ3n) is 2.60. The van der Waals surface area contributed by atoms with Gasteiger partial charge in [0.05, 0.1) is 6.04 Å². The van der Waals surface area contributed by atoms with Crippen LogP contribution >= 0.6 is 0 Å². The first kappa shape index (κ1) is 12.2. The normalized spacial score (nSPS) is 11.4. The molecule has 2 nitrogen and oxygen atoms in total. The van der Waals surface area contributed by atoms with Crippen molar-refractivity contribution < 1.29 is 4.79 Å². The number of hydrogen-bond donors (Lipinski definition) is 1. The molecule has 0 radical (unpaired) electrons. The molecule has 90 valence electrons. The molecule has 0 bridgehead atoms. The van der Waals surface area contributed by atoms with Gasteiger partial charge in [0.15, 0.2) is 0 Å². The Morgan fingerprint density at radius 1 is 1.17 bits per heavy atom. The Bertz CT molecular complexity index is 634. The number of benzene rings is 2. The van der Waals surface area contributed by atoms with Gasteiger partial charge in [-0.25, -0.2) is 0 Å². The third-order valence-corrected chi connectivity index (χ3v) is 2.60. The van der Waals surface area contributed by atoms with E-state index >= 15 is 0 Å². The average molecular weight is 237 g/mol. The van der Waals surface area contributed by atoms with Gasteiger partial charge in [-0.05, 0) is 29.8 Å². The van der Waals surface area contributed by atoms with Gasteiger partial charge < -0.3 is 5.32 Å². The van der Waals surface area contributed by atoms with Crippen LogP contribution < -0.4 is 5.32 Å². The smallest absolute Gasteiger partial charge is 0.217 e. The van der Waals surface area contributed by atoms with Crippen molar-refractivity contribution in [3.05, 3.63) is 48.0 Å². The van der Waals surface area contributed by atoms with Crippen molar-refractivity contribution in [3.8, 4) is 11.8 Å². The first-order chi connectivity index (χ1) is 8.65. The zero-order valence-electron chi connectivity index (χ0n) is 10.5. The Labute approximate surface area is 107 Å². The van der Waals surface area contributed by atoms with Gasteiger partial charge in [-0.15, -0.1) is 0 Å². The third kappa shape index (κ3) is 3.11. The van der Waals surface area contributed by atoms with E-state index in [1.807, 2.05) is 25.1 Å². The summed E-state index contributed by atoms with van der Waals surface area (Å²) in [7, 11) is 0. The van der Waals surface area contributed by atoms with Gasteiger partial charge in [-0.2, -0.15) is 0 Å². The van der Waals surface area contributed by atoms with E-state index in [0.717, 1.165) is 5.56 Å². The maximum atomic E-state index is 10.9. The van der Waals surface area contributed by atoms with E-state index in [4.69, 9.17) is 0 Å². The average Bonchev–Trinajstić information content (AvgIpc) is 2.35. The number of hydrogen-bond acceptors (Lipinski definition) is 1. The number of amides is 1. The Balaban J connectivity index is 2.22. The quantitative estimate of drug-likeness (QED) is 0.759. The van der Waals surface area contributed by atoms with E-state index in [9.17, 15) is 4.79 Å². The highest BCUT2D eigenvalue weighted by Crippen LogP contribution is 2.14. The van der Waals surface area contributed by atoms with Crippen molar-refractivity contribution in [2.45, 2.75) is 19.9 Å². The summed E-state index contributed by atoms with van der Waals surface area (Å²) in [6, 6.07) is 14.2. The largest absolute Gasteiger partial charge is 0.343 e. The minimum Gasteiger partial charge on any atom is -0.343 e. The van der Waals surface area contributed by atoms with Crippen LogP contribution in [0.2, 0.25) is 0 Å². The molecule has 0 aliphatic heterocycles. The van der Waals surface area contributed by atoms with Crippen molar-refractivity contribution >= 4 is 16.7 Å². The van der Waals surface area contributed by atoms with E-state index in [1.165, 1.54) is 17.7 Å². The van der Waals surface area contributed by atoms with Crippen molar-refractivity contribution in [1.29, 1.82) is 0 Å². The van der Waals surface area contributed by atoms with Crippen molar-refractivity contribution in [2.75, 3.05) is 0 Å². The summed E-state index contributed by atoms with van der Waals surface area (Å²) >= 11 is 0. The van der Waals surface area contributed by atoms with E-state index in [0.29, 0.717) is 0 Å². The molecule has 18 heavy (non-hydrogen) atoms. The van der Waals surface area contributed by atoms with Crippen LogP contribution in [-0.4, -0.2) is 11.9 Å². The van der Waals surface area contributed by atoms with Crippen LogP contribution in [0.3, 0.4) is 0 Å². The molecular formula is C16H15NO. The summed E-state index contributed by atoms with van der Waals surface area (Å²) in [5, 5.41) is 5.12. The molecule has 2 rings (SSSR count). The lowest BCUT2D eigenvalue weighted by atomic mass is 10.1. The Morgan fingerprint density at radius 3 is 2.61 bits per heavy atom. The second kappa shape index (κ2) is 5.37. The van der Waals surface area contributed by atoms with Gasteiger partial charge in [0, 0.05) is 12.5 Å².